The SMILES string of the molecule is OCCNc1nc(NC[C@@H]2CCCO2)cc(-c2ccccn2)n1. The van der Waals surface area contributed by atoms with Gasteiger partial charge < -0.3 is 20.5 Å². The van der Waals surface area contributed by atoms with Crippen LogP contribution in [0.3, 0.4) is 0 Å². The summed E-state index contributed by atoms with van der Waals surface area (Å²) in [5, 5.41) is 15.3. The van der Waals surface area contributed by atoms with E-state index in [9.17, 15) is 0 Å². The largest absolute Gasteiger partial charge is 0.395 e. The first-order valence-corrected chi connectivity index (χ1v) is 7.86. The van der Waals surface area contributed by atoms with Crippen molar-refractivity contribution in [3.05, 3.63) is 30.5 Å². The van der Waals surface area contributed by atoms with E-state index in [1.54, 1.807) is 6.20 Å². The van der Waals surface area contributed by atoms with Gasteiger partial charge in [0.2, 0.25) is 5.95 Å². The Morgan fingerprint density at radius 1 is 1.22 bits per heavy atom. The lowest BCUT2D eigenvalue weighted by Crippen LogP contribution is -2.19. The quantitative estimate of drug-likeness (QED) is 0.713. The Bertz CT molecular complexity index is 617. The summed E-state index contributed by atoms with van der Waals surface area (Å²) in [6.07, 6.45) is 4.15. The minimum atomic E-state index is 0.0237. The van der Waals surface area contributed by atoms with Crippen molar-refractivity contribution in [1.82, 2.24) is 15.0 Å². The number of pyridine rings is 1. The lowest BCUT2D eigenvalue weighted by Gasteiger charge is -2.13. The van der Waals surface area contributed by atoms with Crippen molar-refractivity contribution in [1.29, 1.82) is 0 Å². The highest BCUT2D eigenvalue weighted by Gasteiger charge is 2.15. The fourth-order valence-corrected chi connectivity index (χ4v) is 2.45. The maximum Gasteiger partial charge on any atom is 0.225 e. The number of aliphatic hydroxyl groups is 1. The number of hydrogen-bond acceptors (Lipinski definition) is 7. The molecule has 7 heteroatoms. The summed E-state index contributed by atoms with van der Waals surface area (Å²) in [5.74, 6) is 1.19. The van der Waals surface area contributed by atoms with E-state index in [1.165, 1.54) is 0 Å². The Morgan fingerprint density at radius 3 is 2.91 bits per heavy atom. The molecule has 2 aromatic rings. The summed E-state index contributed by atoms with van der Waals surface area (Å²) in [4.78, 5) is 13.2. The molecule has 23 heavy (non-hydrogen) atoms. The molecule has 0 spiro atoms. The van der Waals surface area contributed by atoms with Crippen LogP contribution in [-0.4, -0.2) is 52.5 Å². The van der Waals surface area contributed by atoms with Gasteiger partial charge in [0.1, 0.15) is 5.82 Å². The predicted octanol–water partition coefficient (Wildman–Crippen LogP) is 1.53. The van der Waals surface area contributed by atoms with Crippen molar-refractivity contribution in [2.75, 3.05) is 36.9 Å². The van der Waals surface area contributed by atoms with Gasteiger partial charge in [-0.15, -0.1) is 0 Å². The van der Waals surface area contributed by atoms with Crippen LogP contribution >= 0.6 is 0 Å². The fraction of sp³-hybridized carbons (Fsp3) is 0.438. The Morgan fingerprint density at radius 2 is 2.17 bits per heavy atom. The van der Waals surface area contributed by atoms with E-state index in [4.69, 9.17) is 9.84 Å². The average molecular weight is 315 g/mol. The molecule has 1 aliphatic heterocycles. The summed E-state index contributed by atoms with van der Waals surface area (Å²) < 4.78 is 5.62. The van der Waals surface area contributed by atoms with Gasteiger partial charge in [-0.25, -0.2) is 4.98 Å². The summed E-state index contributed by atoms with van der Waals surface area (Å²) >= 11 is 0. The zero-order chi connectivity index (χ0) is 15.9. The minimum Gasteiger partial charge on any atom is -0.395 e. The van der Waals surface area contributed by atoms with E-state index in [2.05, 4.69) is 25.6 Å². The topological polar surface area (TPSA) is 92.2 Å². The van der Waals surface area contributed by atoms with Gasteiger partial charge in [-0.3, -0.25) is 4.98 Å². The van der Waals surface area contributed by atoms with Crippen molar-refractivity contribution >= 4 is 11.8 Å². The lowest BCUT2D eigenvalue weighted by atomic mass is 10.2. The van der Waals surface area contributed by atoms with E-state index in [0.717, 1.165) is 43.2 Å². The number of nitrogens with one attached hydrogen (secondary N) is 2. The first-order chi connectivity index (χ1) is 11.3. The number of ether oxygens (including phenoxy) is 1. The van der Waals surface area contributed by atoms with Crippen molar-refractivity contribution < 1.29 is 9.84 Å². The highest BCUT2D eigenvalue weighted by atomic mass is 16.5. The molecule has 3 N–H and O–H groups in total. The summed E-state index contributed by atoms with van der Waals surface area (Å²) in [6, 6.07) is 7.57. The zero-order valence-corrected chi connectivity index (χ0v) is 12.9. The molecule has 3 rings (SSSR count). The minimum absolute atomic E-state index is 0.0237. The van der Waals surface area contributed by atoms with Gasteiger partial charge in [0.15, 0.2) is 0 Å². The number of rotatable bonds is 7. The second kappa shape index (κ2) is 7.85. The van der Waals surface area contributed by atoms with Gasteiger partial charge in [0, 0.05) is 32.0 Å². The molecule has 1 aliphatic rings. The molecular formula is C16H21N5O2. The molecule has 0 amide bonds. The van der Waals surface area contributed by atoms with Crippen LogP contribution in [0.15, 0.2) is 30.5 Å². The molecule has 2 aromatic heterocycles. The van der Waals surface area contributed by atoms with E-state index >= 15 is 0 Å². The second-order valence-electron chi connectivity index (χ2n) is 5.34. The van der Waals surface area contributed by atoms with Gasteiger partial charge in [-0.2, -0.15) is 4.98 Å². The Labute approximate surface area is 135 Å². The smallest absolute Gasteiger partial charge is 0.225 e. The van der Waals surface area contributed by atoms with Crippen LogP contribution in [0.1, 0.15) is 12.8 Å². The number of hydrogen-bond donors (Lipinski definition) is 3. The zero-order valence-electron chi connectivity index (χ0n) is 12.9. The summed E-state index contributed by atoms with van der Waals surface area (Å²) in [5.41, 5.74) is 1.51. The fourth-order valence-electron chi connectivity index (χ4n) is 2.45. The van der Waals surface area contributed by atoms with Crippen LogP contribution in [-0.2, 0) is 4.74 Å². The number of aromatic nitrogens is 3. The molecule has 3 heterocycles. The van der Waals surface area contributed by atoms with Crippen LogP contribution in [0.5, 0.6) is 0 Å². The standard InChI is InChI=1S/C16H21N5O2/c22-8-7-18-16-20-14(13-5-1-2-6-17-13)10-15(21-16)19-11-12-4-3-9-23-12/h1-2,5-6,10,12,22H,3-4,7-9,11H2,(H2,18,19,20,21)/t12-/m0/s1. The Kier molecular flexibility index (Phi) is 5.33. The van der Waals surface area contributed by atoms with Crippen LogP contribution in [0.25, 0.3) is 11.4 Å². The van der Waals surface area contributed by atoms with Gasteiger partial charge in [-0.1, -0.05) is 6.07 Å². The van der Waals surface area contributed by atoms with E-state index in [-0.39, 0.29) is 12.7 Å². The summed E-state index contributed by atoms with van der Waals surface area (Å²) in [7, 11) is 0. The van der Waals surface area contributed by atoms with Gasteiger partial charge in [-0.05, 0) is 25.0 Å². The highest BCUT2D eigenvalue weighted by Crippen LogP contribution is 2.20. The summed E-state index contributed by atoms with van der Waals surface area (Å²) in [6.45, 7) is 1.98. The molecule has 0 radical (unpaired) electrons. The monoisotopic (exact) mass is 315 g/mol. The third kappa shape index (κ3) is 4.37. The molecule has 1 saturated heterocycles. The third-order valence-electron chi connectivity index (χ3n) is 3.58. The molecule has 0 saturated carbocycles. The molecule has 0 aromatic carbocycles. The number of nitrogens with zero attached hydrogens (tertiary/aromatic N) is 3. The molecular weight excluding hydrogens is 294 g/mol. The van der Waals surface area contributed by atoms with Crippen molar-refractivity contribution in [2.24, 2.45) is 0 Å². The van der Waals surface area contributed by atoms with Crippen molar-refractivity contribution in [3.8, 4) is 11.4 Å². The van der Waals surface area contributed by atoms with Crippen molar-refractivity contribution in [2.45, 2.75) is 18.9 Å². The van der Waals surface area contributed by atoms with Gasteiger partial charge in [0.05, 0.1) is 24.1 Å². The predicted molar refractivity (Wildman–Crippen MR) is 88.3 cm³/mol. The maximum atomic E-state index is 8.97. The van der Waals surface area contributed by atoms with E-state index < -0.39 is 0 Å². The molecule has 122 valence electrons. The third-order valence-corrected chi connectivity index (χ3v) is 3.58. The van der Waals surface area contributed by atoms with Gasteiger partial charge >= 0.3 is 0 Å². The molecule has 7 nitrogen and oxygen atoms in total. The normalized spacial score (nSPS) is 17.2. The van der Waals surface area contributed by atoms with Crippen LogP contribution in [0.4, 0.5) is 11.8 Å². The molecule has 0 bridgehead atoms. The Hall–Kier alpha value is -2.25. The first-order valence-electron chi connectivity index (χ1n) is 7.86. The lowest BCUT2D eigenvalue weighted by molar-refractivity contribution is 0.120. The number of anilines is 2. The Balaban J connectivity index is 1.79. The van der Waals surface area contributed by atoms with Crippen LogP contribution < -0.4 is 10.6 Å². The van der Waals surface area contributed by atoms with Crippen molar-refractivity contribution in [3.63, 3.8) is 0 Å². The molecule has 0 unspecified atom stereocenters. The van der Waals surface area contributed by atoms with E-state index in [1.807, 2.05) is 24.3 Å². The van der Waals surface area contributed by atoms with Gasteiger partial charge in [0.25, 0.3) is 0 Å². The molecule has 1 fully saturated rings. The van der Waals surface area contributed by atoms with Crippen LogP contribution in [0, 0.1) is 0 Å². The molecule has 0 aliphatic carbocycles. The average Bonchev–Trinajstić information content (AvgIpc) is 3.12. The highest BCUT2D eigenvalue weighted by molar-refractivity contribution is 5.60. The van der Waals surface area contributed by atoms with E-state index in [0.29, 0.717) is 12.5 Å². The first kappa shape index (κ1) is 15.6. The van der Waals surface area contributed by atoms with Crippen LogP contribution in [0.2, 0.25) is 0 Å². The maximum absolute atomic E-state index is 8.97. The second-order valence-corrected chi connectivity index (χ2v) is 5.34. The number of aliphatic hydroxyl groups excluding tert-OH is 1. The molecule has 1 atom stereocenters.